The minimum Gasteiger partial charge on any atom is -0.462 e. The van der Waals surface area contributed by atoms with E-state index < -0.39 is 17.4 Å². The molecule has 0 bridgehead atoms. The first kappa shape index (κ1) is 12.7. The Morgan fingerprint density at radius 1 is 1.38 bits per heavy atom. The van der Waals surface area contributed by atoms with E-state index in [4.69, 9.17) is 10.5 Å². The van der Waals surface area contributed by atoms with Crippen molar-refractivity contribution in [2.24, 2.45) is 5.73 Å². The van der Waals surface area contributed by atoms with Crippen molar-refractivity contribution in [2.75, 3.05) is 6.61 Å². The Hall–Kier alpha value is -1.37. The Morgan fingerprint density at radius 2 is 2.00 bits per heavy atom. The molecule has 7 heteroatoms. The van der Waals surface area contributed by atoms with Crippen molar-refractivity contribution in [2.45, 2.75) is 25.6 Å². The molecule has 1 aromatic heterocycles. The van der Waals surface area contributed by atoms with Crippen LogP contribution in [0.2, 0.25) is 0 Å². The second-order valence-electron chi connectivity index (χ2n) is 4.00. The minimum atomic E-state index is -4.50. The van der Waals surface area contributed by atoms with Gasteiger partial charge in [-0.2, -0.15) is 18.2 Å². The third-order valence-electron chi connectivity index (χ3n) is 1.50. The lowest BCUT2D eigenvalue weighted by molar-refractivity contribution is -0.141. The first-order chi connectivity index (χ1) is 7.18. The van der Waals surface area contributed by atoms with E-state index in [1.54, 1.807) is 13.8 Å². The fourth-order valence-electron chi connectivity index (χ4n) is 0.819. The molecule has 0 radical (unpaired) electrons. The number of alkyl halides is 3. The van der Waals surface area contributed by atoms with E-state index in [2.05, 4.69) is 9.97 Å². The van der Waals surface area contributed by atoms with Gasteiger partial charge in [-0.1, -0.05) is 0 Å². The summed E-state index contributed by atoms with van der Waals surface area (Å²) in [6.07, 6.45) is -3.51. The van der Waals surface area contributed by atoms with Gasteiger partial charge in [-0.25, -0.2) is 4.98 Å². The molecule has 0 aliphatic carbocycles. The number of nitrogens with zero attached hydrogens (tertiary/aromatic N) is 2. The standard InChI is InChI=1S/C9H12F3N3O/c1-8(2,13)5-16-7-14-4-3-6(15-7)9(10,11)12/h3-4H,5,13H2,1-2H3. The average molecular weight is 235 g/mol. The maximum atomic E-state index is 12.3. The highest BCUT2D eigenvalue weighted by molar-refractivity contribution is 5.08. The van der Waals surface area contributed by atoms with Crippen molar-refractivity contribution in [3.8, 4) is 6.01 Å². The fraction of sp³-hybridized carbons (Fsp3) is 0.556. The van der Waals surface area contributed by atoms with Gasteiger partial charge in [0.05, 0.1) is 0 Å². The van der Waals surface area contributed by atoms with Crippen molar-refractivity contribution in [1.29, 1.82) is 0 Å². The highest BCUT2D eigenvalue weighted by atomic mass is 19.4. The maximum Gasteiger partial charge on any atom is 0.433 e. The van der Waals surface area contributed by atoms with Gasteiger partial charge < -0.3 is 10.5 Å². The number of halogens is 3. The van der Waals surface area contributed by atoms with E-state index in [0.29, 0.717) is 0 Å². The molecule has 0 aromatic carbocycles. The summed E-state index contributed by atoms with van der Waals surface area (Å²) in [6, 6.07) is 0.453. The Morgan fingerprint density at radius 3 is 2.50 bits per heavy atom. The van der Waals surface area contributed by atoms with Crippen LogP contribution in [0, 0.1) is 0 Å². The highest BCUT2D eigenvalue weighted by Crippen LogP contribution is 2.27. The van der Waals surface area contributed by atoms with Gasteiger partial charge in [-0.3, -0.25) is 0 Å². The largest absolute Gasteiger partial charge is 0.462 e. The van der Waals surface area contributed by atoms with E-state index in [1.165, 1.54) is 0 Å². The molecule has 90 valence electrons. The summed E-state index contributed by atoms with van der Waals surface area (Å²) in [5, 5.41) is 0. The highest BCUT2D eigenvalue weighted by Gasteiger charge is 2.33. The van der Waals surface area contributed by atoms with Gasteiger partial charge in [0, 0.05) is 11.7 Å². The minimum absolute atomic E-state index is 0.0360. The van der Waals surface area contributed by atoms with Crippen LogP contribution in [0.3, 0.4) is 0 Å². The summed E-state index contributed by atoms with van der Waals surface area (Å²) in [7, 11) is 0. The SMILES string of the molecule is CC(C)(N)COc1nccc(C(F)(F)F)n1. The molecule has 1 heterocycles. The lowest BCUT2D eigenvalue weighted by Crippen LogP contribution is -2.39. The molecular weight excluding hydrogens is 223 g/mol. The van der Waals surface area contributed by atoms with Crippen molar-refractivity contribution < 1.29 is 17.9 Å². The molecule has 1 rings (SSSR count). The zero-order valence-electron chi connectivity index (χ0n) is 8.88. The molecule has 0 spiro atoms. The van der Waals surface area contributed by atoms with Gasteiger partial charge in [0.15, 0.2) is 5.69 Å². The van der Waals surface area contributed by atoms with E-state index in [9.17, 15) is 13.2 Å². The van der Waals surface area contributed by atoms with Crippen LogP contribution in [0.4, 0.5) is 13.2 Å². The molecule has 0 unspecified atom stereocenters. The summed E-state index contributed by atoms with van der Waals surface area (Å²) >= 11 is 0. The van der Waals surface area contributed by atoms with Crippen molar-refractivity contribution in [3.05, 3.63) is 18.0 Å². The number of hydrogen-bond donors (Lipinski definition) is 1. The van der Waals surface area contributed by atoms with Gasteiger partial charge in [-0.05, 0) is 19.9 Å². The number of hydrogen-bond acceptors (Lipinski definition) is 4. The lowest BCUT2D eigenvalue weighted by Gasteiger charge is -2.18. The van der Waals surface area contributed by atoms with Crippen LogP contribution in [0.15, 0.2) is 12.3 Å². The molecule has 0 saturated heterocycles. The first-order valence-electron chi connectivity index (χ1n) is 4.50. The Balaban J connectivity index is 2.76. The van der Waals surface area contributed by atoms with Crippen LogP contribution in [0.5, 0.6) is 6.01 Å². The molecular formula is C9H12F3N3O. The second-order valence-corrected chi connectivity index (χ2v) is 4.00. The van der Waals surface area contributed by atoms with Crippen LogP contribution in [-0.4, -0.2) is 22.1 Å². The maximum absolute atomic E-state index is 12.3. The van der Waals surface area contributed by atoms with Crippen molar-refractivity contribution in [1.82, 2.24) is 9.97 Å². The summed E-state index contributed by atoms with van der Waals surface area (Å²) < 4.78 is 41.8. The van der Waals surface area contributed by atoms with Crippen LogP contribution < -0.4 is 10.5 Å². The predicted molar refractivity (Wildman–Crippen MR) is 50.8 cm³/mol. The molecule has 4 nitrogen and oxygen atoms in total. The predicted octanol–water partition coefficient (Wildman–Crippen LogP) is 1.61. The molecule has 0 saturated carbocycles. The Labute approximate surface area is 90.6 Å². The van der Waals surface area contributed by atoms with Crippen molar-refractivity contribution in [3.63, 3.8) is 0 Å². The topological polar surface area (TPSA) is 61.0 Å². The lowest BCUT2D eigenvalue weighted by atomic mass is 10.1. The third kappa shape index (κ3) is 4.01. The van der Waals surface area contributed by atoms with E-state index in [-0.39, 0.29) is 12.6 Å². The molecule has 0 aliphatic rings. The Kier molecular flexibility index (Phi) is 3.37. The number of nitrogens with two attached hydrogens (primary N) is 1. The van der Waals surface area contributed by atoms with Crippen LogP contribution >= 0.6 is 0 Å². The number of ether oxygens (including phenoxy) is 1. The smallest absolute Gasteiger partial charge is 0.433 e. The van der Waals surface area contributed by atoms with Gasteiger partial charge in [0.25, 0.3) is 0 Å². The number of rotatable bonds is 3. The molecule has 16 heavy (non-hydrogen) atoms. The summed E-state index contributed by atoms with van der Waals surface area (Å²) in [5.74, 6) is 0. The van der Waals surface area contributed by atoms with Crippen LogP contribution in [0.1, 0.15) is 19.5 Å². The molecule has 0 aliphatic heterocycles. The third-order valence-corrected chi connectivity index (χ3v) is 1.50. The van der Waals surface area contributed by atoms with Crippen molar-refractivity contribution >= 4 is 0 Å². The first-order valence-corrected chi connectivity index (χ1v) is 4.50. The summed E-state index contributed by atoms with van der Waals surface area (Å²) in [6.45, 7) is 3.40. The quantitative estimate of drug-likeness (QED) is 0.864. The fourth-order valence-corrected chi connectivity index (χ4v) is 0.819. The zero-order valence-corrected chi connectivity index (χ0v) is 8.88. The monoisotopic (exact) mass is 235 g/mol. The molecule has 0 amide bonds. The van der Waals surface area contributed by atoms with E-state index >= 15 is 0 Å². The van der Waals surface area contributed by atoms with Gasteiger partial charge in [-0.15, -0.1) is 0 Å². The van der Waals surface area contributed by atoms with E-state index in [1.807, 2.05) is 0 Å². The van der Waals surface area contributed by atoms with Crippen LogP contribution in [0.25, 0.3) is 0 Å². The molecule has 1 aromatic rings. The van der Waals surface area contributed by atoms with Gasteiger partial charge in [0.2, 0.25) is 0 Å². The summed E-state index contributed by atoms with van der Waals surface area (Å²) in [4.78, 5) is 6.80. The average Bonchev–Trinajstić information content (AvgIpc) is 2.13. The zero-order chi connectivity index (χ0) is 12.4. The molecule has 0 fully saturated rings. The molecule has 0 atom stereocenters. The van der Waals surface area contributed by atoms with Crippen LogP contribution in [-0.2, 0) is 6.18 Å². The second kappa shape index (κ2) is 4.25. The Bertz CT molecular complexity index is 360. The normalized spacial score (nSPS) is 12.6. The number of aromatic nitrogens is 2. The summed E-state index contributed by atoms with van der Waals surface area (Å²) in [5.41, 5.74) is 3.91. The van der Waals surface area contributed by atoms with Gasteiger partial charge in [0.1, 0.15) is 6.61 Å². The van der Waals surface area contributed by atoms with E-state index in [0.717, 1.165) is 12.3 Å². The van der Waals surface area contributed by atoms with Gasteiger partial charge >= 0.3 is 12.2 Å². The molecule has 2 N–H and O–H groups in total.